The third-order valence-electron chi connectivity index (χ3n) is 2.45. The molecule has 1 aromatic carbocycles. The fourth-order valence-corrected chi connectivity index (χ4v) is 2.58. The molecular formula is C13H14BrNS. The van der Waals surface area contributed by atoms with Crippen LogP contribution in [0.3, 0.4) is 0 Å². The number of benzene rings is 1. The van der Waals surface area contributed by atoms with Crippen LogP contribution in [0, 0.1) is 6.92 Å². The summed E-state index contributed by atoms with van der Waals surface area (Å²) in [7, 11) is 0. The van der Waals surface area contributed by atoms with Crippen LogP contribution in [0.15, 0.2) is 40.2 Å². The first-order valence-corrected chi connectivity index (χ1v) is 6.95. The van der Waals surface area contributed by atoms with Crippen molar-refractivity contribution in [3.63, 3.8) is 0 Å². The van der Waals surface area contributed by atoms with E-state index in [0.717, 1.165) is 17.4 Å². The predicted octanol–water partition coefficient (Wildman–Crippen LogP) is 4.47. The molecule has 2 aromatic rings. The van der Waals surface area contributed by atoms with Crippen LogP contribution < -0.4 is 5.32 Å². The van der Waals surface area contributed by atoms with Crippen molar-refractivity contribution in [2.24, 2.45) is 0 Å². The van der Waals surface area contributed by atoms with E-state index in [4.69, 9.17) is 0 Å². The SMILES string of the molecule is Cc1ccc(NCCc2cccs2)cc1Br. The molecule has 1 aromatic heterocycles. The lowest BCUT2D eigenvalue weighted by Crippen LogP contribution is -2.03. The van der Waals surface area contributed by atoms with Crippen LogP contribution in [0.4, 0.5) is 5.69 Å². The van der Waals surface area contributed by atoms with Crippen molar-refractivity contribution in [1.29, 1.82) is 0 Å². The third kappa shape index (κ3) is 3.09. The number of nitrogens with one attached hydrogen (secondary N) is 1. The normalized spacial score (nSPS) is 10.4. The molecule has 16 heavy (non-hydrogen) atoms. The van der Waals surface area contributed by atoms with Gasteiger partial charge < -0.3 is 5.32 Å². The Morgan fingerprint density at radius 1 is 1.31 bits per heavy atom. The molecule has 2 rings (SSSR count). The van der Waals surface area contributed by atoms with E-state index in [9.17, 15) is 0 Å². The molecule has 84 valence electrons. The molecule has 0 unspecified atom stereocenters. The van der Waals surface area contributed by atoms with Crippen molar-refractivity contribution >= 4 is 33.0 Å². The average molecular weight is 296 g/mol. The van der Waals surface area contributed by atoms with Gasteiger partial charge in [-0.3, -0.25) is 0 Å². The van der Waals surface area contributed by atoms with Crippen LogP contribution in [-0.2, 0) is 6.42 Å². The van der Waals surface area contributed by atoms with Crippen molar-refractivity contribution in [3.05, 3.63) is 50.6 Å². The largest absolute Gasteiger partial charge is 0.385 e. The molecule has 0 atom stereocenters. The number of hydrogen-bond acceptors (Lipinski definition) is 2. The summed E-state index contributed by atoms with van der Waals surface area (Å²) in [6.07, 6.45) is 1.09. The molecule has 0 spiro atoms. The van der Waals surface area contributed by atoms with Gasteiger partial charge >= 0.3 is 0 Å². The Balaban J connectivity index is 1.87. The van der Waals surface area contributed by atoms with Gasteiger partial charge in [0.1, 0.15) is 0 Å². The van der Waals surface area contributed by atoms with Gasteiger partial charge in [-0.1, -0.05) is 28.1 Å². The van der Waals surface area contributed by atoms with Gasteiger partial charge in [0, 0.05) is 21.6 Å². The first-order chi connectivity index (χ1) is 7.75. The van der Waals surface area contributed by atoms with Crippen LogP contribution >= 0.6 is 27.3 Å². The Morgan fingerprint density at radius 3 is 2.88 bits per heavy atom. The maximum Gasteiger partial charge on any atom is 0.0351 e. The molecule has 0 saturated heterocycles. The standard InChI is InChI=1S/C13H14BrNS/c1-10-4-5-11(9-13(10)14)15-7-6-12-3-2-8-16-12/h2-5,8-9,15H,6-7H2,1H3. The molecule has 0 aliphatic rings. The molecule has 0 fully saturated rings. The smallest absolute Gasteiger partial charge is 0.0351 e. The average Bonchev–Trinajstić information content (AvgIpc) is 2.76. The van der Waals surface area contributed by atoms with Crippen molar-refractivity contribution in [3.8, 4) is 0 Å². The summed E-state index contributed by atoms with van der Waals surface area (Å²) in [5, 5.41) is 5.55. The Labute approximate surface area is 109 Å². The van der Waals surface area contributed by atoms with Gasteiger partial charge in [-0.05, 0) is 42.5 Å². The number of thiophene rings is 1. The maximum absolute atomic E-state index is 3.54. The molecule has 1 N–H and O–H groups in total. The minimum absolute atomic E-state index is 0.982. The van der Waals surface area contributed by atoms with Gasteiger partial charge in [0.2, 0.25) is 0 Å². The molecule has 0 radical (unpaired) electrons. The zero-order valence-electron chi connectivity index (χ0n) is 9.16. The molecule has 0 aliphatic carbocycles. The summed E-state index contributed by atoms with van der Waals surface area (Å²) < 4.78 is 1.16. The second kappa shape index (κ2) is 5.51. The van der Waals surface area contributed by atoms with Gasteiger partial charge in [-0.15, -0.1) is 11.3 Å². The summed E-state index contributed by atoms with van der Waals surface area (Å²) in [6.45, 7) is 3.08. The van der Waals surface area contributed by atoms with E-state index in [-0.39, 0.29) is 0 Å². The highest BCUT2D eigenvalue weighted by molar-refractivity contribution is 9.10. The lowest BCUT2D eigenvalue weighted by Gasteiger charge is -2.07. The molecule has 3 heteroatoms. The van der Waals surface area contributed by atoms with Crippen LogP contribution in [0.2, 0.25) is 0 Å². The second-order valence-corrected chi connectivity index (χ2v) is 5.61. The monoisotopic (exact) mass is 295 g/mol. The zero-order chi connectivity index (χ0) is 11.4. The third-order valence-corrected chi connectivity index (χ3v) is 4.24. The van der Waals surface area contributed by atoms with Crippen molar-refractivity contribution in [1.82, 2.24) is 0 Å². The first-order valence-electron chi connectivity index (χ1n) is 5.28. The maximum atomic E-state index is 3.54. The fraction of sp³-hybridized carbons (Fsp3) is 0.231. The molecule has 0 amide bonds. The minimum Gasteiger partial charge on any atom is -0.385 e. The van der Waals surface area contributed by atoms with Crippen molar-refractivity contribution in [2.75, 3.05) is 11.9 Å². The Kier molecular flexibility index (Phi) is 4.02. The molecular weight excluding hydrogens is 282 g/mol. The van der Waals surface area contributed by atoms with Crippen LogP contribution in [-0.4, -0.2) is 6.54 Å². The fourth-order valence-electron chi connectivity index (χ4n) is 1.49. The van der Waals surface area contributed by atoms with E-state index >= 15 is 0 Å². The van der Waals surface area contributed by atoms with E-state index in [1.54, 1.807) is 0 Å². The van der Waals surface area contributed by atoms with Crippen molar-refractivity contribution in [2.45, 2.75) is 13.3 Å². The first kappa shape index (κ1) is 11.7. The zero-order valence-corrected chi connectivity index (χ0v) is 11.6. The molecule has 0 saturated carbocycles. The van der Waals surface area contributed by atoms with Gasteiger partial charge in [-0.2, -0.15) is 0 Å². The summed E-state index contributed by atoms with van der Waals surface area (Å²) >= 11 is 5.35. The van der Waals surface area contributed by atoms with Crippen molar-refractivity contribution < 1.29 is 0 Å². The molecule has 1 nitrogen and oxygen atoms in total. The van der Waals surface area contributed by atoms with E-state index in [1.165, 1.54) is 16.1 Å². The van der Waals surface area contributed by atoms with E-state index in [2.05, 4.69) is 63.9 Å². The highest BCUT2D eigenvalue weighted by Gasteiger charge is 1.97. The highest BCUT2D eigenvalue weighted by atomic mass is 79.9. The second-order valence-electron chi connectivity index (χ2n) is 3.72. The topological polar surface area (TPSA) is 12.0 Å². The highest BCUT2D eigenvalue weighted by Crippen LogP contribution is 2.20. The van der Waals surface area contributed by atoms with Gasteiger partial charge in [0.25, 0.3) is 0 Å². The van der Waals surface area contributed by atoms with Gasteiger partial charge in [0.15, 0.2) is 0 Å². The Bertz CT molecular complexity index is 451. The Hall–Kier alpha value is -0.800. The number of aryl methyl sites for hydroxylation is 1. The lowest BCUT2D eigenvalue weighted by atomic mass is 10.2. The van der Waals surface area contributed by atoms with E-state index in [1.807, 2.05) is 11.3 Å². The van der Waals surface area contributed by atoms with Gasteiger partial charge in [0.05, 0.1) is 0 Å². The number of hydrogen-bond donors (Lipinski definition) is 1. The van der Waals surface area contributed by atoms with Gasteiger partial charge in [-0.25, -0.2) is 0 Å². The Morgan fingerprint density at radius 2 is 2.19 bits per heavy atom. The van der Waals surface area contributed by atoms with Crippen LogP contribution in [0.25, 0.3) is 0 Å². The quantitative estimate of drug-likeness (QED) is 0.877. The summed E-state index contributed by atoms with van der Waals surface area (Å²) in [5.74, 6) is 0. The predicted molar refractivity (Wildman–Crippen MR) is 75.4 cm³/mol. The molecule has 0 bridgehead atoms. The lowest BCUT2D eigenvalue weighted by molar-refractivity contribution is 1.04. The summed E-state index contributed by atoms with van der Waals surface area (Å²) in [5.41, 5.74) is 2.44. The minimum atomic E-state index is 0.982. The number of anilines is 1. The van der Waals surface area contributed by atoms with E-state index in [0.29, 0.717) is 0 Å². The molecule has 0 aliphatic heterocycles. The van der Waals surface area contributed by atoms with Crippen LogP contribution in [0.5, 0.6) is 0 Å². The number of rotatable bonds is 4. The molecule has 1 heterocycles. The summed E-state index contributed by atoms with van der Waals surface area (Å²) in [4.78, 5) is 1.43. The van der Waals surface area contributed by atoms with E-state index < -0.39 is 0 Å². The number of halogens is 1. The van der Waals surface area contributed by atoms with Crippen LogP contribution in [0.1, 0.15) is 10.4 Å². The summed E-state index contributed by atoms with van der Waals surface area (Å²) in [6, 6.07) is 10.6.